The van der Waals surface area contributed by atoms with E-state index in [4.69, 9.17) is 0 Å². The van der Waals surface area contributed by atoms with Gasteiger partial charge in [0.2, 0.25) is 0 Å². The Morgan fingerprint density at radius 2 is 1.68 bits per heavy atom. The van der Waals surface area contributed by atoms with E-state index < -0.39 is 0 Å². The van der Waals surface area contributed by atoms with Crippen LogP contribution in [0.15, 0.2) is 22.8 Å². The normalized spacial score (nSPS) is 44.9. The van der Waals surface area contributed by atoms with Crippen LogP contribution in [-0.2, 0) is 0 Å². The second-order valence-corrected chi connectivity index (χ2v) is 13.6. The predicted molar refractivity (Wildman–Crippen MR) is 133 cm³/mol. The smallest absolute Gasteiger partial charge is 0.0594 e. The van der Waals surface area contributed by atoms with E-state index in [9.17, 15) is 5.11 Å². The Bertz CT molecular complexity index is 767. The summed E-state index contributed by atoms with van der Waals surface area (Å²) in [5, 5.41) is 10.8. The van der Waals surface area contributed by atoms with Gasteiger partial charge in [0.05, 0.1) is 6.10 Å². The molecule has 0 radical (unpaired) electrons. The Morgan fingerprint density at radius 1 is 0.968 bits per heavy atom. The average Bonchev–Trinajstić information content (AvgIpc) is 2.96. The molecule has 2 saturated carbocycles. The van der Waals surface area contributed by atoms with Crippen molar-refractivity contribution in [3.63, 3.8) is 0 Å². The van der Waals surface area contributed by atoms with Crippen LogP contribution in [0.1, 0.15) is 120 Å². The van der Waals surface area contributed by atoms with Crippen molar-refractivity contribution in [1.29, 1.82) is 0 Å². The average molecular weight is 427 g/mol. The molecule has 0 amide bonds. The lowest BCUT2D eigenvalue weighted by Crippen LogP contribution is -2.55. The number of hydrogen-bond acceptors (Lipinski definition) is 1. The van der Waals surface area contributed by atoms with E-state index in [0.717, 1.165) is 18.3 Å². The lowest BCUT2D eigenvalue weighted by molar-refractivity contribution is -0.0962. The molecule has 1 heteroatoms. The van der Waals surface area contributed by atoms with Crippen molar-refractivity contribution >= 4 is 0 Å². The molecule has 0 aromatic heterocycles. The van der Waals surface area contributed by atoms with Gasteiger partial charge in [-0.2, -0.15) is 0 Å². The Hall–Kier alpha value is -0.560. The summed E-state index contributed by atoms with van der Waals surface area (Å²) in [5.41, 5.74) is 6.41. The van der Waals surface area contributed by atoms with E-state index in [1.54, 1.807) is 0 Å². The van der Waals surface area contributed by atoms with Crippen molar-refractivity contribution in [3.8, 4) is 0 Å². The second kappa shape index (κ2) is 7.75. The second-order valence-electron chi connectivity index (χ2n) is 13.6. The van der Waals surface area contributed by atoms with Crippen molar-refractivity contribution in [2.75, 3.05) is 0 Å². The first-order valence-corrected chi connectivity index (χ1v) is 13.4. The Morgan fingerprint density at radius 3 is 2.35 bits per heavy atom. The van der Waals surface area contributed by atoms with Gasteiger partial charge in [0.25, 0.3) is 0 Å². The maximum Gasteiger partial charge on any atom is 0.0594 e. The minimum absolute atomic E-state index is 0.0465. The van der Waals surface area contributed by atoms with E-state index in [1.165, 1.54) is 63.4 Å². The van der Waals surface area contributed by atoms with Crippen LogP contribution in [-0.4, -0.2) is 11.2 Å². The SMILES string of the molecule is CC(C)=CCC[C@H](C)[C@@H]1CC[C@]2(C)C3=C(CC[C@]12C)[C@]1(C)CC[C@@H](O)C(C)(C)[C@@H]1CC3. The van der Waals surface area contributed by atoms with Gasteiger partial charge in [0.15, 0.2) is 0 Å². The quantitative estimate of drug-likeness (QED) is 0.447. The molecule has 7 atom stereocenters. The van der Waals surface area contributed by atoms with Crippen LogP contribution in [0.3, 0.4) is 0 Å². The third-order valence-corrected chi connectivity index (χ3v) is 11.7. The summed E-state index contributed by atoms with van der Waals surface area (Å²) in [6, 6.07) is 0. The minimum Gasteiger partial charge on any atom is -0.393 e. The highest BCUT2D eigenvalue weighted by atomic mass is 16.3. The maximum absolute atomic E-state index is 10.8. The fourth-order valence-electron chi connectivity index (χ4n) is 9.47. The van der Waals surface area contributed by atoms with E-state index >= 15 is 0 Å². The van der Waals surface area contributed by atoms with Crippen molar-refractivity contribution in [2.45, 2.75) is 126 Å². The highest BCUT2D eigenvalue weighted by Crippen LogP contribution is 2.72. The summed E-state index contributed by atoms with van der Waals surface area (Å²) in [6.07, 6.45) is 15.2. The molecule has 2 fully saturated rings. The van der Waals surface area contributed by atoms with Gasteiger partial charge in [-0.15, -0.1) is 0 Å². The summed E-state index contributed by atoms with van der Waals surface area (Å²) < 4.78 is 0. The summed E-state index contributed by atoms with van der Waals surface area (Å²) >= 11 is 0. The summed E-state index contributed by atoms with van der Waals surface area (Å²) in [4.78, 5) is 0. The number of fused-ring (bicyclic) bond motifs is 4. The highest BCUT2D eigenvalue weighted by Gasteiger charge is 2.63. The van der Waals surface area contributed by atoms with Crippen molar-refractivity contribution in [3.05, 3.63) is 22.8 Å². The largest absolute Gasteiger partial charge is 0.393 e. The van der Waals surface area contributed by atoms with Gasteiger partial charge in [0.1, 0.15) is 0 Å². The van der Waals surface area contributed by atoms with Crippen LogP contribution >= 0.6 is 0 Å². The molecule has 0 heterocycles. The molecular weight excluding hydrogens is 376 g/mol. The van der Waals surface area contributed by atoms with E-state index in [1.807, 2.05) is 11.1 Å². The molecule has 4 aliphatic carbocycles. The number of allylic oxidation sites excluding steroid dienone is 4. The van der Waals surface area contributed by atoms with Gasteiger partial charge in [-0.05, 0) is 117 Å². The van der Waals surface area contributed by atoms with Gasteiger partial charge < -0.3 is 5.11 Å². The number of aliphatic hydroxyl groups excluding tert-OH is 1. The molecule has 1 nitrogen and oxygen atoms in total. The molecule has 176 valence electrons. The summed E-state index contributed by atoms with van der Waals surface area (Å²) in [7, 11) is 0. The molecule has 0 unspecified atom stereocenters. The summed E-state index contributed by atoms with van der Waals surface area (Å²) in [6.45, 7) is 19.6. The molecule has 31 heavy (non-hydrogen) atoms. The Balaban J connectivity index is 1.65. The van der Waals surface area contributed by atoms with Crippen LogP contribution in [0.4, 0.5) is 0 Å². The minimum atomic E-state index is -0.130. The summed E-state index contributed by atoms with van der Waals surface area (Å²) in [5.74, 6) is 2.32. The number of rotatable bonds is 4. The van der Waals surface area contributed by atoms with Gasteiger partial charge >= 0.3 is 0 Å². The Labute approximate surface area is 193 Å². The number of aliphatic hydroxyl groups is 1. The van der Waals surface area contributed by atoms with E-state index in [-0.39, 0.29) is 11.5 Å². The lowest BCUT2D eigenvalue weighted by Gasteiger charge is -2.62. The van der Waals surface area contributed by atoms with Crippen LogP contribution in [0, 0.1) is 39.4 Å². The molecule has 0 saturated heterocycles. The fraction of sp³-hybridized carbons (Fsp3) is 0.867. The molecule has 0 spiro atoms. The molecular formula is C30H50O. The fourth-order valence-corrected chi connectivity index (χ4v) is 9.47. The first kappa shape index (κ1) is 23.6. The highest BCUT2D eigenvalue weighted by molar-refractivity contribution is 5.38. The zero-order chi connectivity index (χ0) is 22.8. The number of hydrogen-bond donors (Lipinski definition) is 1. The molecule has 0 aliphatic heterocycles. The van der Waals surface area contributed by atoms with Crippen LogP contribution in [0.5, 0.6) is 0 Å². The molecule has 4 aliphatic rings. The van der Waals surface area contributed by atoms with Crippen LogP contribution < -0.4 is 0 Å². The van der Waals surface area contributed by atoms with E-state index in [2.05, 4.69) is 61.5 Å². The monoisotopic (exact) mass is 426 g/mol. The molecule has 4 rings (SSSR count). The molecule has 0 aromatic carbocycles. The van der Waals surface area contributed by atoms with Gasteiger partial charge in [-0.25, -0.2) is 0 Å². The van der Waals surface area contributed by atoms with Gasteiger partial charge in [0, 0.05) is 0 Å². The van der Waals surface area contributed by atoms with Gasteiger partial charge in [-0.1, -0.05) is 64.3 Å². The maximum atomic E-state index is 10.8. The standard InChI is InChI=1S/C30H50O/c1-20(2)10-9-11-21(3)22-14-18-30(8)24-12-13-25-27(4,5)26(31)16-17-28(25,6)23(24)15-19-29(22,30)7/h10,21-22,25-26,31H,9,11-19H2,1-8H3/t21-,22-,25-,26+,28-,29+,30+/m0/s1. The lowest BCUT2D eigenvalue weighted by atomic mass is 9.43. The topological polar surface area (TPSA) is 20.2 Å². The van der Waals surface area contributed by atoms with Crippen molar-refractivity contribution in [1.82, 2.24) is 0 Å². The predicted octanol–water partition coefficient (Wildman–Crippen LogP) is 8.48. The zero-order valence-electron chi connectivity index (χ0n) is 21.9. The first-order chi connectivity index (χ1) is 14.4. The molecule has 0 bridgehead atoms. The van der Waals surface area contributed by atoms with E-state index in [0.29, 0.717) is 22.2 Å². The molecule has 1 N–H and O–H groups in total. The third kappa shape index (κ3) is 3.34. The Kier molecular flexibility index (Phi) is 5.90. The zero-order valence-corrected chi connectivity index (χ0v) is 21.9. The first-order valence-electron chi connectivity index (χ1n) is 13.4. The van der Waals surface area contributed by atoms with Crippen molar-refractivity contribution in [2.24, 2.45) is 39.4 Å². The molecule has 0 aromatic rings. The van der Waals surface area contributed by atoms with Crippen LogP contribution in [0.2, 0.25) is 0 Å². The third-order valence-electron chi connectivity index (χ3n) is 11.7. The van der Waals surface area contributed by atoms with Crippen LogP contribution in [0.25, 0.3) is 0 Å². The van der Waals surface area contributed by atoms with Crippen molar-refractivity contribution < 1.29 is 5.11 Å². The van der Waals surface area contributed by atoms with Gasteiger partial charge in [-0.3, -0.25) is 0 Å².